The summed E-state index contributed by atoms with van der Waals surface area (Å²) in [6, 6.07) is 13.2. The van der Waals surface area contributed by atoms with Crippen LogP contribution in [0.5, 0.6) is 0 Å². The Morgan fingerprint density at radius 2 is 2.04 bits per heavy atom. The first-order chi connectivity index (χ1) is 13.0. The van der Waals surface area contributed by atoms with E-state index in [0.29, 0.717) is 15.2 Å². The van der Waals surface area contributed by atoms with E-state index >= 15 is 0 Å². The van der Waals surface area contributed by atoms with E-state index in [2.05, 4.69) is 21.6 Å². The Hall–Kier alpha value is -1.80. The number of carbonyl (C=O) groups is 1. The van der Waals surface area contributed by atoms with Crippen LogP contribution in [0.4, 0.5) is 0 Å². The van der Waals surface area contributed by atoms with E-state index in [-0.39, 0.29) is 17.7 Å². The minimum atomic E-state index is -0.173. The molecule has 0 spiro atoms. The largest absolute Gasteiger partial charge is 0.349 e. The number of para-hydroxylation sites is 1. The fraction of sp³-hybridized carbons (Fsp3) is 0.167. The second kappa shape index (κ2) is 7.67. The highest BCUT2D eigenvalue weighted by Gasteiger charge is 2.15. The molecule has 0 aliphatic heterocycles. The topological polar surface area (TPSA) is 59.3 Å². The van der Waals surface area contributed by atoms with Crippen LogP contribution in [0.3, 0.4) is 0 Å². The van der Waals surface area contributed by atoms with Crippen LogP contribution < -0.4 is 5.32 Å². The number of nitrogens with one attached hydrogen (secondary N) is 1. The smallest absolute Gasteiger partial charge is 0.230 e. The number of rotatable bonds is 5. The average Bonchev–Trinajstić information content (AvgIpc) is 3.21. The lowest BCUT2D eigenvalue weighted by Gasteiger charge is -2.14. The first-order valence-corrected chi connectivity index (χ1v) is 10.7. The summed E-state index contributed by atoms with van der Waals surface area (Å²) in [5, 5.41) is 13.1. The lowest BCUT2D eigenvalue weighted by Crippen LogP contribution is -2.28. The molecule has 2 heterocycles. The van der Waals surface area contributed by atoms with Gasteiger partial charge in [0, 0.05) is 0 Å². The zero-order valence-corrected chi connectivity index (χ0v) is 17.3. The molecule has 0 fully saturated rings. The third-order valence-corrected chi connectivity index (χ3v) is 6.74. The standard InChI is InChI=1S/C18H14Cl2N4OS2/c1-10(11-6-7-12(19)13(20)8-11)21-16(25)9-26-17-22-23-18-24(17)14-4-2-3-5-15(14)27-18/h2-8,10H,9H2,1H3,(H,21,25). The van der Waals surface area contributed by atoms with Gasteiger partial charge in [-0.3, -0.25) is 9.20 Å². The molecule has 2 aromatic heterocycles. The van der Waals surface area contributed by atoms with E-state index in [1.54, 1.807) is 23.5 Å². The van der Waals surface area contributed by atoms with Gasteiger partial charge in [0.05, 0.1) is 32.1 Å². The summed E-state index contributed by atoms with van der Waals surface area (Å²) in [4.78, 5) is 13.2. The number of nitrogens with zero attached hydrogens (tertiary/aromatic N) is 3. The molecule has 0 aliphatic rings. The first kappa shape index (κ1) is 18.6. The number of benzene rings is 2. The summed E-state index contributed by atoms with van der Waals surface area (Å²) in [6.07, 6.45) is 0. The number of thiazole rings is 1. The molecule has 2 aromatic carbocycles. The molecule has 0 radical (unpaired) electrons. The molecule has 27 heavy (non-hydrogen) atoms. The fourth-order valence-corrected chi connectivity index (χ4v) is 4.81. The van der Waals surface area contributed by atoms with Gasteiger partial charge in [0.2, 0.25) is 10.9 Å². The van der Waals surface area contributed by atoms with Crippen molar-refractivity contribution in [2.75, 3.05) is 5.75 Å². The fourth-order valence-electron chi connectivity index (χ4n) is 2.73. The summed E-state index contributed by atoms with van der Waals surface area (Å²) < 4.78 is 3.13. The summed E-state index contributed by atoms with van der Waals surface area (Å²) >= 11 is 14.9. The Kier molecular flexibility index (Phi) is 5.27. The Morgan fingerprint density at radius 3 is 2.85 bits per heavy atom. The van der Waals surface area contributed by atoms with Crippen molar-refractivity contribution in [2.24, 2.45) is 0 Å². The van der Waals surface area contributed by atoms with Gasteiger partial charge in [0.1, 0.15) is 0 Å². The Balaban J connectivity index is 1.45. The van der Waals surface area contributed by atoms with Gasteiger partial charge in [-0.15, -0.1) is 10.2 Å². The highest BCUT2D eigenvalue weighted by atomic mass is 35.5. The molecule has 1 unspecified atom stereocenters. The minimum Gasteiger partial charge on any atom is -0.349 e. The third kappa shape index (κ3) is 3.78. The van der Waals surface area contributed by atoms with Crippen molar-refractivity contribution in [1.29, 1.82) is 0 Å². The van der Waals surface area contributed by atoms with Gasteiger partial charge in [-0.1, -0.05) is 64.5 Å². The molecule has 4 aromatic rings. The van der Waals surface area contributed by atoms with Gasteiger partial charge in [0.15, 0.2) is 5.16 Å². The second-order valence-corrected chi connectivity index (χ2v) is 8.69. The van der Waals surface area contributed by atoms with Crippen LogP contribution in [-0.4, -0.2) is 26.3 Å². The molecular formula is C18H14Cl2N4OS2. The number of halogens is 2. The molecule has 1 atom stereocenters. The summed E-state index contributed by atoms with van der Waals surface area (Å²) in [6.45, 7) is 1.91. The van der Waals surface area contributed by atoms with Crippen molar-refractivity contribution in [2.45, 2.75) is 18.1 Å². The second-order valence-electron chi connectivity index (χ2n) is 5.92. The number of amides is 1. The first-order valence-electron chi connectivity index (χ1n) is 8.12. The number of hydrogen-bond acceptors (Lipinski definition) is 5. The highest BCUT2D eigenvalue weighted by Crippen LogP contribution is 2.29. The van der Waals surface area contributed by atoms with Crippen LogP contribution >= 0.6 is 46.3 Å². The maximum absolute atomic E-state index is 12.4. The van der Waals surface area contributed by atoms with Crippen molar-refractivity contribution >= 4 is 67.4 Å². The van der Waals surface area contributed by atoms with Crippen LogP contribution in [0.15, 0.2) is 47.6 Å². The van der Waals surface area contributed by atoms with E-state index in [0.717, 1.165) is 20.7 Å². The SMILES string of the molecule is CC(NC(=O)CSc1nnc2sc3ccccc3n12)c1ccc(Cl)c(Cl)c1. The van der Waals surface area contributed by atoms with Crippen molar-refractivity contribution in [3.05, 3.63) is 58.1 Å². The number of carbonyl (C=O) groups excluding carboxylic acids is 1. The van der Waals surface area contributed by atoms with Crippen LogP contribution in [0.2, 0.25) is 10.0 Å². The normalized spacial score (nSPS) is 12.6. The minimum absolute atomic E-state index is 0.0881. The lowest BCUT2D eigenvalue weighted by atomic mass is 10.1. The third-order valence-electron chi connectivity index (χ3n) is 4.06. The van der Waals surface area contributed by atoms with E-state index < -0.39 is 0 Å². The number of hydrogen-bond donors (Lipinski definition) is 1. The molecule has 0 bridgehead atoms. The molecule has 5 nitrogen and oxygen atoms in total. The zero-order valence-electron chi connectivity index (χ0n) is 14.1. The quantitative estimate of drug-likeness (QED) is 0.435. The predicted molar refractivity (Wildman–Crippen MR) is 112 cm³/mol. The number of fused-ring (bicyclic) bond motifs is 3. The average molecular weight is 437 g/mol. The van der Waals surface area contributed by atoms with Gasteiger partial charge in [-0.2, -0.15) is 0 Å². The molecule has 1 amide bonds. The van der Waals surface area contributed by atoms with Gasteiger partial charge in [-0.25, -0.2) is 0 Å². The van der Waals surface area contributed by atoms with Crippen molar-refractivity contribution < 1.29 is 4.79 Å². The van der Waals surface area contributed by atoms with Gasteiger partial charge < -0.3 is 5.32 Å². The monoisotopic (exact) mass is 436 g/mol. The van der Waals surface area contributed by atoms with Gasteiger partial charge in [0.25, 0.3) is 0 Å². The van der Waals surface area contributed by atoms with E-state index in [9.17, 15) is 4.79 Å². The predicted octanol–water partition coefficient (Wildman–Crippen LogP) is 5.22. The zero-order chi connectivity index (χ0) is 19.0. The van der Waals surface area contributed by atoms with Crippen LogP contribution in [0.25, 0.3) is 15.2 Å². The Labute approximate surface area is 173 Å². The van der Waals surface area contributed by atoms with Crippen molar-refractivity contribution in [3.63, 3.8) is 0 Å². The molecule has 0 saturated carbocycles. The molecule has 0 saturated heterocycles. The maximum atomic E-state index is 12.4. The Bertz CT molecular complexity index is 1140. The Morgan fingerprint density at radius 1 is 1.22 bits per heavy atom. The highest BCUT2D eigenvalue weighted by molar-refractivity contribution is 7.99. The summed E-state index contributed by atoms with van der Waals surface area (Å²) in [5.74, 6) is 0.159. The van der Waals surface area contributed by atoms with Crippen molar-refractivity contribution in [1.82, 2.24) is 19.9 Å². The molecule has 1 N–H and O–H groups in total. The van der Waals surface area contributed by atoms with E-state index in [1.165, 1.54) is 11.8 Å². The summed E-state index contributed by atoms with van der Waals surface area (Å²) in [7, 11) is 0. The van der Waals surface area contributed by atoms with E-state index in [1.807, 2.05) is 35.6 Å². The molecular weight excluding hydrogens is 423 g/mol. The molecule has 4 rings (SSSR count). The molecule has 9 heteroatoms. The van der Waals surface area contributed by atoms with E-state index in [4.69, 9.17) is 23.2 Å². The molecule has 138 valence electrons. The maximum Gasteiger partial charge on any atom is 0.230 e. The lowest BCUT2D eigenvalue weighted by molar-refractivity contribution is -0.119. The summed E-state index contributed by atoms with van der Waals surface area (Å²) in [5.41, 5.74) is 1.95. The van der Waals surface area contributed by atoms with Crippen LogP contribution in [0.1, 0.15) is 18.5 Å². The number of aromatic nitrogens is 3. The van der Waals surface area contributed by atoms with Gasteiger partial charge >= 0.3 is 0 Å². The number of thioether (sulfide) groups is 1. The van der Waals surface area contributed by atoms with Crippen LogP contribution in [0, 0.1) is 0 Å². The van der Waals surface area contributed by atoms with Crippen LogP contribution in [-0.2, 0) is 4.79 Å². The van der Waals surface area contributed by atoms with Crippen molar-refractivity contribution in [3.8, 4) is 0 Å². The molecule has 0 aliphatic carbocycles. The van der Waals surface area contributed by atoms with Gasteiger partial charge in [-0.05, 0) is 36.8 Å².